The van der Waals surface area contributed by atoms with Crippen LogP contribution in [0, 0.1) is 5.41 Å². The number of carbonyl (C=O) groups is 1. The van der Waals surface area contributed by atoms with Crippen molar-refractivity contribution in [3.8, 4) is 5.75 Å². The van der Waals surface area contributed by atoms with Crippen molar-refractivity contribution in [2.75, 3.05) is 39.8 Å². The Balaban J connectivity index is 2.11. The molecule has 1 aromatic carbocycles. The summed E-state index contributed by atoms with van der Waals surface area (Å²) < 4.78 is 5.29. The van der Waals surface area contributed by atoms with Crippen molar-refractivity contribution in [2.24, 2.45) is 16.1 Å². The third-order valence-electron chi connectivity index (χ3n) is 5.19. The van der Waals surface area contributed by atoms with Gasteiger partial charge < -0.3 is 21.1 Å². The van der Waals surface area contributed by atoms with Gasteiger partial charge in [-0.15, -0.1) is 0 Å². The average molecular weight is 390 g/mol. The number of primary amides is 1. The van der Waals surface area contributed by atoms with Crippen molar-refractivity contribution >= 4 is 11.9 Å². The minimum Gasteiger partial charge on any atom is -0.497 e. The number of likely N-dealkylation sites (tertiary alicyclic amines) is 1. The van der Waals surface area contributed by atoms with Crippen molar-refractivity contribution < 1.29 is 9.53 Å². The molecule has 0 aromatic heterocycles. The molecule has 156 valence electrons. The van der Waals surface area contributed by atoms with Crippen LogP contribution in [0.5, 0.6) is 5.75 Å². The molecule has 1 amide bonds. The highest BCUT2D eigenvalue weighted by molar-refractivity contribution is 5.82. The molecule has 0 radical (unpaired) electrons. The summed E-state index contributed by atoms with van der Waals surface area (Å²) in [4.78, 5) is 18.7. The minimum absolute atomic E-state index is 0.251. The second-order valence-corrected chi connectivity index (χ2v) is 7.86. The number of hydrogen-bond donors (Lipinski definition) is 3. The summed E-state index contributed by atoms with van der Waals surface area (Å²) >= 11 is 0. The van der Waals surface area contributed by atoms with Gasteiger partial charge in [0.1, 0.15) is 5.75 Å². The quantitative estimate of drug-likeness (QED) is 0.443. The van der Waals surface area contributed by atoms with E-state index in [-0.39, 0.29) is 11.9 Å². The predicted octanol–water partition coefficient (Wildman–Crippen LogP) is 1.90. The molecule has 7 heteroatoms. The van der Waals surface area contributed by atoms with Crippen LogP contribution < -0.4 is 21.1 Å². The molecule has 7 nitrogen and oxygen atoms in total. The van der Waals surface area contributed by atoms with E-state index in [2.05, 4.69) is 32.7 Å². The summed E-state index contributed by atoms with van der Waals surface area (Å²) in [6, 6.07) is 8.52. The van der Waals surface area contributed by atoms with Crippen molar-refractivity contribution in [3.63, 3.8) is 0 Å². The number of amides is 1. The van der Waals surface area contributed by atoms with Gasteiger partial charge in [-0.1, -0.05) is 12.1 Å². The number of ether oxygens (including phenoxy) is 1. The Labute approximate surface area is 168 Å². The van der Waals surface area contributed by atoms with E-state index in [1.807, 2.05) is 32.9 Å². The molecule has 1 heterocycles. The van der Waals surface area contributed by atoms with Gasteiger partial charge in [0.2, 0.25) is 5.91 Å². The largest absolute Gasteiger partial charge is 0.497 e. The maximum absolute atomic E-state index is 11.6. The van der Waals surface area contributed by atoms with Crippen molar-refractivity contribution in [3.05, 3.63) is 29.8 Å². The van der Waals surface area contributed by atoms with Gasteiger partial charge in [-0.2, -0.15) is 0 Å². The van der Waals surface area contributed by atoms with E-state index < -0.39 is 5.41 Å². The van der Waals surface area contributed by atoms with Gasteiger partial charge in [-0.25, -0.2) is 0 Å². The minimum atomic E-state index is -0.674. The van der Waals surface area contributed by atoms with Gasteiger partial charge in [-0.05, 0) is 64.4 Å². The first-order valence-electron chi connectivity index (χ1n) is 10.1. The first kappa shape index (κ1) is 22.0. The number of aliphatic imine (C=N–C) groups is 1. The fourth-order valence-electron chi connectivity index (χ4n) is 3.23. The molecule has 4 N–H and O–H groups in total. The molecule has 0 bridgehead atoms. The lowest BCUT2D eigenvalue weighted by molar-refractivity contribution is -0.125. The SMILES string of the molecule is CCNC(=NCC(C)(C)C(N)=O)NCC(c1ccc(OC)cc1)N1CCCC1. The molecule has 1 saturated heterocycles. The standard InChI is InChI=1S/C21H35N5O2/c1-5-23-20(25-15-21(2,3)19(22)27)24-14-18(26-12-6-7-13-26)16-8-10-17(28-4)11-9-16/h8-11,18H,5-7,12-15H2,1-4H3,(H2,22,27)(H2,23,24,25). The monoisotopic (exact) mass is 389 g/mol. The molecule has 0 spiro atoms. The van der Waals surface area contributed by atoms with Gasteiger partial charge in [0, 0.05) is 13.1 Å². The van der Waals surface area contributed by atoms with E-state index in [4.69, 9.17) is 10.5 Å². The van der Waals surface area contributed by atoms with Crippen LogP contribution in [0.4, 0.5) is 0 Å². The molecule has 0 aliphatic carbocycles. The number of nitrogens with zero attached hydrogens (tertiary/aromatic N) is 2. The Morgan fingerprint density at radius 2 is 1.89 bits per heavy atom. The number of carbonyl (C=O) groups excluding carboxylic acids is 1. The van der Waals surface area contributed by atoms with Crippen LogP contribution in [-0.2, 0) is 4.79 Å². The zero-order chi connectivity index (χ0) is 20.6. The van der Waals surface area contributed by atoms with E-state index >= 15 is 0 Å². The van der Waals surface area contributed by atoms with Crippen molar-refractivity contribution in [1.29, 1.82) is 0 Å². The van der Waals surface area contributed by atoms with Crippen LogP contribution in [0.25, 0.3) is 0 Å². The van der Waals surface area contributed by atoms with E-state index in [0.717, 1.165) is 31.9 Å². The summed E-state index contributed by atoms with van der Waals surface area (Å²) in [5.41, 5.74) is 6.05. The molecular formula is C21H35N5O2. The number of rotatable bonds is 9. The molecule has 1 fully saturated rings. The average Bonchev–Trinajstić information content (AvgIpc) is 3.21. The highest BCUT2D eigenvalue weighted by Gasteiger charge is 2.26. The highest BCUT2D eigenvalue weighted by atomic mass is 16.5. The van der Waals surface area contributed by atoms with Gasteiger partial charge in [0.15, 0.2) is 5.96 Å². The molecule has 1 aromatic rings. The van der Waals surface area contributed by atoms with Gasteiger partial charge in [-0.3, -0.25) is 14.7 Å². The Bertz CT molecular complexity index is 651. The molecule has 1 atom stereocenters. The van der Waals surface area contributed by atoms with E-state index in [9.17, 15) is 4.79 Å². The molecular weight excluding hydrogens is 354 g/mol. The number of benzene rings is 1. The molecule has 1 aliphatic heterocycles. The summed E-state index contributed by atoms with van der Waals surface area (Å²) in [6.07, 6.45) is 2.46. The fraction of sp³-hybridized carbons (Fsp3) is 0.619. The summed E-state index contributed by atoms with van der Waals surface area (Å²) in [5, 5.41) is 6.71. The second-order valence-electron chi connectivity index (χ2n) is 7.86. The van der Waals surface area contributed by atoms with Crippen molar-refractivity contribution in [2.45, 2.75) is 39.7 Å². The van der Waals surface area contributed by atoms with Crippen LogP contribution in [0.3, 0.4) is 0 Å². The van der Waals surface area contributed by atoms with E-state index in [0.29, 0.717) is 12.5 Å². The van der Waals surface area contributed by atoms with Gasteiger partial charge >= 0.3 is 0 Å². The lowest BCUT2D eigenvalue weighted by Gasteiger charge is -2.29. The van der Waals surface area contributed by atoms with Crippen LogP contribution in [0.15, 0.2) is 29.3 Å². The lowest BCUT2D eigenvalue weighted by Crippen LogP contribution is -2.43. The number of nitrogens with one attached hydrogen (secondary N) is 2. The summed E-state index contributed by atoms with van der Waals surface area (Å²) in [6.45, 7) is 9.67. The van der Waals surface area contributed by atoms with Crippen LogP contribution in [0.2, 0.25) is 0 Å². The van der Waals surface area contributed by atoms with Gasteiger partial charge in [0.25, 0.3) is 0 Å². The van der Waals surface area contributed by atoms with Crippen molar-refractivity contribution in [1.82, 2.24) is 15.5 Å². The summed E-state index contributed by atoms with van der Waals surface area (Å²) in [7, 11) is 1.68. The van der Waals surface area contributed by atoms with E-state index in [1.165, 1.54) is 18.4 Å². The Morgan fingerprint density at radius 1 is 1.25 bits per heavy atom. The van der Waals surface area contributed by atoms with Crippen LogP contribution in [-0.4, -0.2) is 56.6 Å². The number of methoxy groups -OCH3 is 1. The Kier molecular flexibility index (Phi) is 8.11. The molecule has 2 rings (SSSR count). The third-order valence-corrected chi connectivity index (χ3v) is 5.19. The first-order chi connectivity index (χ1) is 13.4. The molecule has 1 aliphatic rings. The Hall–Kier alpha value is -2.28. The predicted molar refractivity (Wildman–Crippen MR) is 113 cm³/mol. The molecule has 0 saturated carbocycles. The van der Waals surface area contributed by atoms with Crippen LogP contribution in [0.1, 0.15) is 45.2 Å². The topological polar surface area (TPSA) is 92.0 Å². The zero-order valence-electron chi connectivity index (χ0n) is 17.6. The maximum Gasteiger partial charge on any atom is 0.224 e. The second kappa shape index (κ2) is 10.3. The number of nitrogens with two attached hydrogens (primary N) is 1. The first-order valence-corrected chi connectivity index (χ1v) is 10.1. The smallest absolute Gasteiger partial charge is 0.224 e. The fourth-order valence-corrected chi connectivity index (χ4v) is 3.23. The van der Waals surface area contributed by atoms with E-state index in [1.54, 1.807) is 7.11 Å². The van der Waals surface area contributed by atoms with Crippen LogP contribution >= 0.6 is 0 Å². The summed E-state index contributed by atoms with van der Waals surface area (Å²) in [5.74, 6) is 1.22. The lowest BCUT2D eigenvalue weighted by atomic mass is 9.93. The highest BCUT2D eigenvalue weighted by Crippen LogP contribution is 2.26. The zero-order valence-corrected chi connectivity index (χ0v) is 17.6. The van der Waals surface area contributed by atoms with Gasteiger partial charge in [0.05, 0.1) is 25.1 Å². The normalized spacial score (nSPS) is 16.6. The molecule has 28 heavy (non-hydrogen) atoms. The number of hydrogen-bond acceptors (Lipinski definition) is 4. The number of guanidine groups is 1. The maximum atomic E-state index is 11.6. The third kappa shape index (κ3) is 6.12. The Morgan fingerprint density at radius 3 is 2.43 bits per heavy atom. The molecule has 1 unspecified atom stereocenters.